The van der Waals surface area contributed by atoms with Crippen molar-refractivity contribution in [3.8, 4) is 0 Å². The summed E-state index contributed by atoms with van der Waals surface area (Å²) < 4.78 is 31.1. The molecular formula is C20H28N2O7S. The van der Waals surface area contributed by atoms with Crippen molar-refractivity contribution >= 4 is 39.2 Å². The van der Waals surface area contributed by atoms with E-state index in [1.807, 2.05) is 13.8 Å². The van der Waals surface area contributed by atoms with Gasteiger partial charge in [-0.1, -0.05) is 33.3 Å². The summed E-state index contributed by atoms with van der Waals surface area (Å²) in [5, 5.41) is 13.9. The van der Waals surface area contributed by atoms with E-state index in [1.54, 1.807) is 13.0 Å². The Morgan fingerprint density at radius 1 is 1.20 bits per heavy atom. The molecule has 1 aromatic rings. The van der Waals surface area contributed by atoms with Gasteiger partial charge in [-0.2, -0.15) is 13.5 Å². The highest BCUT2D eigenvalue weighted by atomic mass is 32.2. The third-order valence-electron chi connectivity index (χ3n) is 4.32. The molecule has 1 aromatic carbocycles. The fraction of sp³-hybridized carbons (Fsp3) is 0.500. The van der Waals surface area contributed by atoms with Gasteiger partial charge in [-0.15, -0.1) is 0 Å². The molecule has 30 heavy (non-hydrogen) atoms. The van der Waals surface area contributed by atoms with Gasteiger partial charge in [0.25, 0.3) is 16.0 Å². The minimum atomic E-state index is -4.28. The van der Waals surface area contributed by atoms with E-state index < -0.39 is 22.0 Å². The monoisotopic (exact) mass is 440 g/mol. The van der Waals surface area contributed by atoms with Gasteiger partial charge in [0, 0.05) is 12.1 Å². The summed E-state index contributed by atoms with van der Waals surface area (Å²) in [7, 11) is -4.28. The highest BCUT2D eigenvalue weighted by molar-refractivity contribution is 7.85. The van der Waals surface area contributed by atoms with Gasteiger partial charge in [-0.05, 0) is 37.5 Å². The van der Waals surface area contributed by atoms with E-state index in [0.29, 0.717) is 18.5 Å². The molecule has 2 N–H and O–H groups in total. The van der Waals surface area contributed by atoms with Crippen molar-refractivity contribution in [2.45, 2.75) is 64.2 Å². The van der Waals surface area contributed by atoms with Crippen molar-refractivity contribution in [1.29, 1.82) is 0 Å². The van der Waals surface area contributed by atoms with Gasteiger partial charge in [0.1, 0.15) is 11.7 Å². The third-order valence-corrected chi connectivity index (χ3v) is 5.17. The smallest absolute Gasteiger partial charge is 0.314 e. The van der Waals surface area contributed by atoms with Crippen molar-refractivity contribution in [2.75, 3.05) is 5.01 Å². The van der Waals surface area contributed by atoms with Crippen LogP contribution in [0.15, 0.2) is 34.3 Å². The van der Waals surface area contributed by atoms with E-state index in [0.717, 1.165) is 25.0 Å². The summed E-state index contributed by atoms with van der Waals surface area (Å²) in [5.41, 5.74) is 1.12. The van der Waals surface area contributed by atoms with Gasteiger partial charge in [0.05, 0.1) is 17.0 Å². The number of carbonyl (C=O) groups excluding carboxylic acids is 2. The lowest BCUT2D eigenvalue weighted by molar-refractivity contribution is -0.146. The third kappa shape index (κ3) is 7.34. The Labute approximate surface area is 176 Å². The molecule has 0 saturated heterocycles. The van der Waals surface area contributed by atoms with Crippen LogP contribution in [0, 0.1) is 5.92 Å². The zero-order valence-electron chi connectivity index (χ0n) is 17.4. The number of hydrogen-bond donors (Lipinski definition) is 2. The maximum absolute atomic E-state index is 11.8. The standard InChI is InChI=1S/C12H14N2O4S.C8H14O3/c1-2-4-9-7-12(15)14(13-9)10-5-3-6-11(8-10)19(16,17)18;1-3-5-7(9)6(4-2)8(10)11/h3,5-6,8H,2,4,7H2,1H3,(H,16,17,18);6H,3-5H2,1-2H3,(H,10,11). The predicted molar refractivity (Wildman–Crippen MR) is 112 cm³/mol. The lowest BCUT2D eigenvalue weighted by Gasteiger charge is -2.12. The zero-order valence-corrected chi connectivity index (χ0v) is 18.2. The average Bonchev–Trinajstić information content (AvgIpc) is 3.03. The Bertz CT molecular complexity index is 909. The van der Waals surface area contributed by atoms with Crippen LogP contribution < -0.4 is 5.01 Å². The maximum atomic E-state index is 11.8. The Morgan fingerprint density at radius 3 is 2.37 bits per heavy atom. The number of rotatable bonds is 9. The molecule has 0 radical (unpaired) electrons. The van der Waals surface area contributed by atoms with E-state index in [1.165, 1.54) is 23.2 Å². The molecular weight excluding hydrogens is 412 g/mol. The number of aliphatic carboxylic acids is 1. The maximum Gasteiger partial charge on any atom is 0.314 e. The quantitative estimate of drug-likeness (QED) is 0.443. The zero-order chi connectivity index (χ0) is 22.9. The van der Waals surface area contributed by atoms with Gasteiger partial charge >= 0.3 is 5.97 Å². The summed E-state index contributed by atoms with van der Waals surface area (Å²) in [6.07, 6.45) is 3.39. The number of carboxylic acids is 1. The fourth-order valence-electron chi connectivity index (χ4n) is 2.85. The molecule has 1 aliphatic rings. The first-order chi connectivity index (χ1) is 14.0. The molecule has 9 nitrogen and oxygen atoms in total. The highest BCUT2D eigenvalue weighted by Gasteiger charge is 2.25. The second kappa shape index (κ2) is 11.6. The average molecular weight is 441 g/mol. The molecule has 0 fully saturated rings. The lowest BCUT2D eigenvalue weighted by Crippen LogP contribution is -2.22. The Hall–Kier alpha value is -2.59. The number of Topliss-reactive ketones (excluding diaryl/α,β-unsaturated/α-hetero) is 1. The van der Waals surface area contributed by atoms with Crippen LogP contribution in [0.5, 0.6) is 0 Å². The lowest BCUT2D eigenvalue weighted by atomic mass is 9.98. The molecule has 1 atom stereocenters. The van der Waals surface area contributed by atoms with Crippen LogP contribution in [-0.2, 0) is 24.5 Å². The van der Waals surface area contributed by atoms with E-state index in [4.69, 9.17) is 9.66 Å². The Kier molecular flexibility index (Phi) is 9.80. The van der Waals surface area contributed by atoms with Crippen molar-refractivity contribution in [3.05, 3.63) is 24.3 Å². The van der Waals surface area contributed by atoms with Crippen LogP contribution in [0.1, 0.15) is 59.3 Å². The van der Waals surface area contributed by atoms with Crippen LogP contribution in [0.25, 0.3) is 0 Å². The minimum absolute atomic E-state index is 0.150. The molecule has 0 aromatic heterocycles. The molecule has 0 saturated carbocycles. The predicted octanol–water partition coefficient (Wildman–Crippen LogP) is 3.29. The van der Waals surface area contributed by atoms with E-state index in [2.05, 4.69) is 5.10 Å². The first-order valence-corrected chi connectivity index (χ1v) is 11.2. The number of carbonyl (C=O) groups is 3. The summed E-state index contributed by atoms with van der Waals surface area (Å²) >= 11 is 0. The van der Waals surface area contributed by atoms with E-state index in [-0.39, 0.29) is 23.0 Å². The number of amides is 1. The van der Waals surface area contributed by atoms with Gasteiger partial charge < -0.3 is 5.11 Å². The summed E-state index contributed by atoms with van der Waals surface area (Å²) in [6, 6.07) is 5.52. The SMILES string of the molecule is CCCC(=O)C(CC)C(=O)O.CCCC1=NN(c2cccc(S(=O)(=O)O)c2)C(=O)C1. The molecule has 0 spiro atoms. The Morgan fingerprint density at radius 2 is 1.87 bits per heavy atom. The summed E-state index contributed by atoms with van der Waals surface area (Å²) in [5.74, 6) is -2.13. The fourth-order valence-corrected chi connectivity index (χ4v) is 3.37. The number of anilines is 1. The molecule has 1 aliphatic heterocycles. The molecule has 0 bridgehead atoms. The first-order valence-electron chi connectivity index (χ1n) is 9.77. The highest BCUT2D eigenvalue weighted by Crippen LogP contribution is 2.24. The van der Waals surface area contributed by atoms with Crippen LogP contribution >= 0.6 is 0 Å². The number of hydrazone groups is 1. The van der Waals surface area contributed by atoms with Crippen LogP contribution in [0.2, 0.25) is 0 Å². The number of nitrogens with zero attached hydrogens (tertiary/aromatic N) is 2. The van der Waals surface area contributed by atoms with Gasteiger partial charge in [-0.3, -0.25) is 18.9 Å². The van der Waals surface area contributed by atoms with E-state index >= 15 is 0 Å². The molecule has 1 unspecified atom stereocenters. The van der Waals surface area contributed by atoms with Gasteiger partial charge in [0.15, 0.2) is 0 Å². The molecule has 1 heterocycles. The van der Waals surface area contributed by atoms with Crippen molar-refractivity contribution in [2.24, 2.45) is 11.0 Å². The Balaban J connectivity index is 0.000000352. The molecule has 1 amide bonds. The molecule has 0 aliphatic carbocycles. The van der Waals surface area contributed by atoms with Crippen molar-refractivity contribution in [1.82, 2.24) is 0 Å². The van der Waals surface area contributed by atoms with Gasteiger partial charge in [0.2, 0.25) is 0 Å². The van der Waals surface area contributed by atoms with Crippen LogP contribution in [-0.4, -0.2) is 41.4 Å². The van der Waals surface area contributed by atoms with E-state index in [9.17, 15) is 22.8 Å². The van der Waals surface area contributed by atoms with Gasteiger partial charge in [-0.25, -0.2) is 5.01 Å². The van der Waals surface area contributed by atoms with Crippen LogP contribution in [0.4, 0.5) is 5.69 Å². The van der Waals surface area contributed by atoms with Crippen molar-refractivity contribution < 1.29 is 32.5 Å². The second-order valence-electron chi connectivity index (χ2n) is 6.79. The first kappa shape index (κ1) is 25.4. The summed E-state index contributed by atoms with van der Waals surface area (Å²) in [4.78, 5) is 33.0. The normalized spacial score (nSPS) is 14.6. The molecule has 166 valence electrons. The number of benzene rings is 1. The summed E-state index contributed by atoms with van der Waals surface area (Å²) in [6.45, 7) is 5.58. The number of hydrogen-bond acceptors (Lipinski definition) is 6. The number of carboxylic acid groups (broad SMARTS) is 1. The molecule has 10 heteroatoms. The topological polar surface area (TPSA) is 141 Å². The largest absolute Gasteiger partial charge is 0.481 e. The molecule has 2 rings (SSSR count). The minimum Gasteiger partial charge on any atom is -0.481 e. The van der Waals surface area contributed by atoms with Crippen LogP contribution in [0.3, 0.4) is 0 Å². The second-order valence-corrected chi connectivity index (χ2v) is 8.21. The van der Waals surface area contributed by atoms with Crippen molar-refractivity contribution in [3.63, 3.8) is 0 Å². The number of ketones is 1.